The molecule has 2 aromatic carbocycles. The maximum atomic E-state index is 13.4. The summed E-state index contributed by atoms with van der Waals surface area (Å²) in [7, 11) is 0. The predicted octanol–water partition coefficient (Wildman–Crippen LogP) is 4.68. The highest BCUT2D eigenvalue weighted by Gasteiger charge is 2.11. The Kier molecular flexibility index (Phi) is 3.57. The summed E-state index contributed by atoms with van der Waals surface area (Å²) in [6, 6.07) is 17.4. The molecule has 0 aliphatic heterocycles. The summed E-state index contributed by atoms with van der Waals surface area (Å²) in [6.45, 7) is 4.64. The summed E-state index contributed by atoms with van der Waals surface area (Å²) in [5, 5.41) is 4.64. The number of rotatable bonds is 3. The number of aryl methyl sites for hydroxylation is 2. The standard InChI is InChI=1S/C18H17FN2/c1-3-21-18(14-7-5-4-6-8-14)12-17(20-21)15-9-10-16(19)13(2)11-15/h4-12H,3H2,1-2H3. The molecule has 106 valence electrons. The van der Waals surface area contributed by atoms with Gasteiger partial charge in [0.25, 0.3) is 0 Å². The lowest BCUT2D eigenvalue weighted by molar-refractivity contribution is 0.618. The first-order valence-corrected chi connectivity index (χ1v) is 7.09. The molecule has 1 aromatic heterocycles. The molecular formula is C18H17FN2. The number of aromatic nitrogens is 2. The largest absolute Gasteiger partial charge is 0.265 e. The molecule has 0 aliphatic carbocycles. The van der Waals surface area contributed by atoms with E-state index in [-0.39, 0.29) is 5.82 Å². The minimum Gasteiger partial charge on any atom is -0.265 e. The van der Waals surface area contributed by atoms with E-state index < -0.39 is 0 Å². The molecule has 3 rings (SSSR count). The summed E-state index contributed by atoms with van der Waals surface area (Å²) in [4.78, 5) is 0. The van der Waals surface area contributed by atoms with Gasteiger partial charge in [0.15, 0.2) is 0 Å². The molecule has 0 saturated carbocycles. The van der Waals surface area contributed by atoms with E-state index in [1.54, 1.807) is 13.0 Å². The molecule has 0 N–H and O–H groups in total. The number of benzene rings is 2. The van der Waals surface area contributed by atoms with Gasteiger partial charge in [-0.05, 0) is 49.2 Å². The van der Waals surface area contributed by atoms with Crippen molar-refractivity contribution in [3.05, 3.63) is 66.0 Å². The van der Waals surface area contributed by atoms with Gasteiger partial charge in [-0.1, -0.05) is 30.3 Å². The average molecular weight is 280 g/mol. The van der Waals surface area contributed by atoms with Crippen LogP contribution in [-0.2, 0) is 6.54 Å². The first-order chi connectivity index (χ1) is 10.2. The molecule has 2 nitrogen and oxygen atoms in total. The number of hydrogen-bond acceptors (Lipinski definition) is 1. The van der Waals surface area contributed by atoms with E-state index in [0.29, 0.717) is 5.56 Å². The molecule has 0 spiro atoms. The van der Waals surface area contributed by atoms with Gasteiger partial charge >= 0.3 is 0 Å². The smallest absolute Gasteiger partial charge is 0.126 e. The zero-order valence-corrected chi connectivity index (χ0v) is 12.2. The fraction of sp³-hybridized carbons (Fsp3) is 0.167. The van der Waals surface area contributed by atoms with E-state index in [4.69, 9.17) is 0 Å². The summed E-state index contributed by atoms with van der Waals surface area (Å²) in [5.74, 6) is -0.183. The highest BCUT2D eigenvalue weighted by molar-refractivity contribution is 5.69. The first kappa shape index (κ1) is 13.6. The van der Waals surface area contributed by atoms with E-state index in [0.717, 1.165) is 29.1 Å². The number of nitrogens with zero attached hydrogens (tertiary/aromatic N) is 2. The quantitative estimate of drug-likeness (QED) is 0.681. The van der Waals surface area contributed by atoms with Crippen molar-refractivity contribution in [3.8, 4) is 22.5 Å². The molecule has 1 heterocycles. The summed E-state index contributed by atoms with van der Waals surface area (Å²) >= 11 is 0. The van der Waals surface area contributed by atoms with Gasteiger partial charge in [-0.15, -0.1) is 0 Å². The van der Waals surface area contributed by atoms with Crippen molar-refractivity contribution < 1.29 is 4.39 Å². The summed E-state index contributed by atoms with van der Waals surface area (Å²) in [6.07, 6.45) is 0. The van der Waals surface area contributed by atoms with Gasteiger partial charge < -0.3 is 0 Å². The van der Waals surface area contributed by atoms with Crippen LogP contribution in [0.4, 0.5) is 4.39 Å². The molecule has 0 unspecified atom stereocenters. The number of halogens is 1. The molecule has 0 radical (unpaired) electrons. The van der Waals surface area contributed by atoms with Crippen LogP contribution in [0.2, 0.25) is 0 Å². The third-order valence-corrected chi connectivity index (χ3v) is 3.60. The van der Waals surface area contributed by atoms with Gasteiger partial charge in [0.05, 0.1) is 11.4 Å². The minimum atomic E-state index is -0.183. The zero-order chi connectivity index (χ0) is 14.8. The Morgan fingerprint density at radius 3 is 2.43 bits per heavy atom. The van der Waals surface area contributed by atoms with Gasteiger partial charge in [0.2, 0.25) is 0 Å². The second-order valence-electron chi connectivity index (χ2n) is 5.06. The van der Waals surface area contributed by atoms with E-state index in [9.17, 15) is 4.39 Å². The first-order valence-electron chi connectivity index (χ1n) is 7.09. The Balaban J connectivity index is 2.09. The summed E-state index contributed by atoms with van der Waals surface area (Å²) in [5.41, 5.74) is 4.67. The lowest BCUT2D eigenvalue weighted by Crippen LogP contribution is -1.99. The van der Waals surface area contributed by atoms with Crippen LogP contribution in [0.5, 0.6) is 0 Å². The molecule has 0 atom stereocenters. The maximum Gasteiger partial charge on any atom is 0.126 e. The zero-order valence-electron chi connectivity index (χ0n) is 12.2. The normalized spacial score (nSPS) is 10.8. The van der Waals surface area contributed by atoms with Gasteiger partial charge in [0.1, 0.15) is 5.82 Å². The molecule has 3 aromatic rings. The fourth-order valence-electron chi connectivity index (χ4n) is 2.44. The van der Waals surface area contributed by atoms with E-state index in [1.807, 2.05) is 28.9 Å². The lowest BCUT2D eigenvalue weighted by Gasteiger charge is -2.03. The van der Waals surface area contributed by atoms with Crippen molar-refractivity contribution in [2.24, 2.45) is 0 Å². The molecule has 0 aliphatic rings. The van der Waals surface area contributed by atoms with Gasteiger partial charge in [-0.25, -0.2) is 4.39 Å². The van der Waals surface area contributed by atoms with E-state index >= 15 is 0 Å². The molecule has 21 heavy (non-hydrogen) atoms. The third-order valence-electron chi connectivity index (χ3n) is 3.60. The second-order valence-corrected chi connectivity index (χ2v) is 5.06. The van der Waals surface area contributed by atoms with Crippen molar-refractivity contribution in [1.29, 1.82) is 0 Å². The molecular weight excluding hydrogens is 263 g/mol. The lowest BCUT2D eigenvalue weighted by atomic mass is 10.1. The molecule has 0 saturated heterocycles. The van der Waals surface area contributed by atoms with Gasteiger partial charge in [-0.3, -0.25) is 4.68 Å². The van der Waals surface area contributed by atoms with E-state index in [1.165, 1.54) is 6.07 Å². The fourth-order valence-corrected chi connectivity index (χ4v) is 2.44. The summed E-state index contributed by atoms with van der Waals surface area (Å²) < 4.78 is 15.4. The van der Waals surface area contributed by atoms with Crippen LogP contribution in [0.1, 0.15) is 12.5 Å². The third kappa shape index (κ3) is 2.59. The van der Waals surface area contributed by atoms with Crippen LogP contribution >= 0.6 is 0 Å². The average Bonchev–Trinajstić information content (AvgIpc) is 2.95. The topological polar surface area (TPSA) is 17.8 Å². The molecule has 0 amide bonds. The Labute approximate surface area is 123 Å². The van der Waals surface area contributed by atoms with Crippen molar-refractivity contribution in [3.63, 3.8) is 0 Å². The molecule has 3 heteroatoms. The molecule has 0 fully saturated rings. The van der Waals surface area contributed by atoms with Crippen LogP contribution < -0.4 is 0 Å². The Morgan fingerprint density at radius 2 is 1.76 bits per heavy atom. The highest BCUT2D eigenvalue weighted by Crippen LogP contribution is 2.27. The molecule has 0 bridgehead atoms. The second kappa shape index (κ2) is 5.52. The van der Waals surface area contributed by atoms with Crippen LogP contribution in [0.3, 0.4) is 0 Å². The van der Waals surface area contributed by atoms with Crippen LogP contribution in [-0.4, -0.2) is 9.78 Å². The predicted molar refractivity (Wildman–Crippen MR) is 83.5 cm³/mol. The van der Waals surface area contributed by atoms with Crippen molar-refractivity contribution >= 4 is 0 Å². The van der Waals surface area contributed by atoms with Crippen LogP contribution in [0.15, 0.2) is 54.6 Å². The van der Waals surface area contributed by atoms with Crippen molar-refractivity contribution in [1.82, 2.24) is 9.78 Å². The van der Waals surface area contributed by atoms with Gasteiger partial charge in [0, 0.05) is 12.1 Å². The highest BCUT2D eigenvalue weighted by atomic mass is 19.1. The minimum absolute atomic E-state index is 0.183. The Morgan fingerprint density at radius 1 is 1.00 bits per heavy atom. The monoisotopic (exact) mass is 280 g/mol. The van der Waals surface area contributed by atoms with Crippen LogP contribution in [0, 0.1) is 12.7 Å². The van der Waals surface area contributed by atoms with Crippen LogP contribution in [0.25, 0.3) is 22.5 Å². The Hall–Kier alpha value is -2.42. The SMILES string of the molecule is CCn1nc(-c2ccc(F)c(C)c2)cc1-c1ccccc1. The Bertz CT molecular complexity index is 760. The number of hydrogen-bond donors (Lipinski definition) is 0. The van der Waals surface area contributed by atoms with Crippen molar-refractivity contribution in [2.75, 3.05) is 0 Å². The van der Waals surface area contributed by atoms with E-state index in [2.05, 4.69) is 30.2 Å². The van der Waals surface area contributed by atoms with Crippen molar-refractivity contribution in [2.45, 2.75) is 20.4 Å². The maximum absolute atomic E-state index is 13.4. The van der Waals surface area contributed by atoms with Gasteiger partial charge in [-0.2, -0.15) is 5.10 Å².